The van der Waals surface area contributed by atoms with Crippen molar-refractivity contribution in [2.45, 2.75) is 39.2 Å². The molecule has 0 bridgehead atoms. The molecule has 1 rings (SSSR count). The molecule has 0 spiro atoms. The maximum absolute atomic E-state index is 3.52. The summed E-state index contributed by atoms with van der Waals surface area (Å²) in [5.41, 5.74) is 0. The van der Waals surface area contributed by atoms with Crippen molar-refractivity contribution in [3.8, 4) is 0 Å². The van der Waals surface area contributed by atoms with Gasteiger partial charge in [0.2, 0.25) is 0 Å². The van der Waals surface area contributed by atoms with Crippen LogP contribution >= 0.6 is 15.9 Å². The Morgan fingerprint density at radius 2 is 2.08 bits per heavy atom. The van der Waals surface area contributed by atoms with Gasteiger partial charge in [-0.15, -0.1) is 0 Å². The van der Waals surface area contributed by atoms with Crippen molar-refractivity contribution in [3.63, 3.8) is 0 Å². The van der Waals surface area contributed by atoms with E-state index in [1.165, 1.54) is 32.4 Å². The van der Waals surface area contributed by atoms with Crippen LogP contribution in [0.25, 0.3) is 0 Å². The highest BCUT2D eigenvalue weighted by atomic mass is 79.9. The van der Waals surface area contributed by atoms with Crippen molar-refractivity contribution in [2.24, 2.45) is 5.92 Å². The summed E-state index contributed by atoms with van der Waals surface area (Å²) in [5.74, 6) is 0.810. The van der Waals surface area contributed by atoms with E-state index in [0.29, 0.717) is 0 Å². The Balaban J connectivity index is 2.26. The molecule has 0 amide bonds. The van der Waals surface area contributed by atoms with Gasteiger partial charge in [-0.05, 0) is 18.8 Å². The van der Waals surface area contributed by atoms with Crippen molar-refractivity contribution in [2.75, 3.05) is 18.4 Å². The third-order valence-electron chi connectivity index (χ3n) is 2.56. The van der Waals surface area contributed by atoms with Crippen LogP contribution < -0.4 is 0 Å². The molecular formula is C10H20BrN. The number of halogens is 1. The van der Waals surface area contributed by atoms with Gasteiger partial charge >= 0.3 is 0 Å². The van der Waals surface area contributed by atoms with Crippen LogP contribution in [0.5, 0.6) is 0 Å². The minimum Gasteiger partial charge on any atom is -0.299 e. The van der Waals surface area contributed by atoms with Crippen LogP contribution in [0.15, 0.2) is 0 Å². The summed E-state index contributed by atoms with van der Waals surface area (Å²) < 4.78 is 0. The van der Waals surface area contributed by atoms with Crippen LogP contribution in [0.1, 0.15) is 33.1 Å². The normalized spacial score (nSPS) is 18.8. The summed E-state index contributed by atoms with van der Waals surface area (Å²) in [5, 5.41) is 1.12. The number of hydrogen-bond donors (Lipinski definition) is 0. The molecule has 1 aliphatic carbocycles. The summed E-state index contributed by atoms with van der Waals surface area (Å²) in [6.45, 7) is 7.11. The molecule has 12 heavy (non-hydrogen) atoms. The Bertz CT molecular complexity index is 121. The molecule has 0 radical (unpaired) electrons. The summed E-state index contributed by atoms with van der Waals surface area (Å²) in [6, 6.07) is 0.907. The van der Waals surface area contributed by atoms with Crippen LogP contribution in [0.3, 0.4) is 0 Å². The largest absolute Gasteiger partial charge is 0.299 e. The van der Waals surface area contributed by atoms with Crippen molar-refractivity contribution in [1.82, 2.24) is 4.90 Å². The Hall–Kier alpha value is 0.440. The Morgan fingerprint density at radius 3 is 2.42 bits per heavy atom. The van der Waals surface area contributed by atoms with E-state index >= 15 is 0 Å². The third kappa shape index (κ3) is 3.06. The second-order valence-corrected chi connectivity index (χ2v) is 4.96. The zero-order chi connectivity index (χ0) is 8.97. The smallest absolute Gasteiger partial charge is 0.0159 e. The van der Waals surface area contributed by atoms with Gasteiger partial charge in [-0.1, -0.05) is 36.2 Å². The molecule has 72 valence electrons. The third-order valence-corrected chi connectivity index (χ3v) is 2.92. The number of hydrogen-bond acceptors (Lipinski definition) is 1. The van der Waals surface area contributed by atoms with Gasteiger partial charge in [0.25, 0.3) is 0 Å². The molecule has 0 unspecified atom stereocenters. The lowest BCUT2D eigenvalue weighted by Gasteiger charge is -2.38. The van der Waals surface area contributed by atoms with Gasteiger partial charge in [0.1, 0.15) is 0 Å². The van der Waals surface area contributed by atoms with Gasteiger partial charge in [-0.25, -0.2) is 0 Å². The molecule has 0 aromatic carbocycles. The average molecular weight is 234 g/mol. The monoisotopic (exact) mass is 233 g/mol. The van der Waals surface area contributed by atoms with Gasteiger partial charge in [0.05, 0.1) is 0 Å². The van der Waals surface area contributed by atoms with Gasteiger partial charge < -0.3 is 0 Å². The second kappa shape index (κ2) is 5.23. The minimum atomic E-state index is 0.810. The Morgan fingerprint density at radius 1 is 1.42 bits per heavy atom. The van der Waals surface area contributed by atoms with Crippen molar-refractivity contribution < 1.29 is 0 Å². The summed E-state index contributed by atoms with van der Waals surface area (Å²) in [6.07, 6.45) is 4.31. The first kappa shape index (κ1) is 10.5. The second-order valence-electron chi connectivity index (χ2n) is 4.16. The molecule has 2 heteroatoms. The van der Waals surface area contributed by atoms with E-state index in [9.17, 15) is 0 Å². The van der Waals surface area contributed by atoms with Crippen molar-refractivity contribution in [1.29, 1.82) is 0 Å². The molecule has 1 aliphatic rings. The molecule has 0 aliphatic heterocycles. The number of nitrogens with zero attached hydrogens (tertiary/aromatic N) is 1. The zero-order valence-electron chi connectivity index (χ0n) is 8.22. The number of alkyl halides is 1. The summed E-state index contributed by atoms with van der Waals surface area (Å²) in [7, 11) is 0. The average Bonchev–Trinajstić information content (AvgIpc) is 1.81. The maximum atomic E-state index is 3.52. The molecule has 0 atom stereocenters. The van der Waals surface area contributed by atoms with Crippen LogP contribution in [0.2, 0.25) is 0 Å². The number of rotatable bonds is 5. The lowest BCUT2D eigenvalue weighted by atomic mass is 9.91. The minimum absolute atomic E-state index is 0.810. The van der Waals surface area contributed by atoms with Gasteiger partial charge in [0, 0.05) is 24.5 Å². The molecule has 0 aromatic rings. The molecule has 1 saturated carbocycles. The zero-order valence-corrected chi connectivity index (χ0v) is 9.81. The standard InChI is InChI=1S/C10H20BrN/c1-9(2)8-12(7-6-11)10-4-3-5-10/h9-10H,3-8H2,1-2H3. The SMILES string of the molecule is CC(C)CN(CCBr)C1CCC1. The van der Waals surface area contributed by atoms with Crippen molar-refractivity contribution in [3.05, 3.63) is 0 Å². The predicted octanol–water partition coefficient (Wildman–Crippen LogP) is 2.89. The van der Waals surface area contributed by atoms with Gasteiger partial charge in [-0.2, -0.15) is 0 Å². The first-order valence-corrected chi connectivity index (χ1v) is 6.16. The first-order valence-electron chi connectivity index (χ1n) is 5.04. The van der Waals surface area contributed by atoms with Crippen LogP contribution in [-0.4, -0.2) is 29.4 Å². The quantitative estimate of drug-likeness (QED) is 0.661. The fourth-order valence-electron chi connectivity index (χ4n) is 1.75. The van der Waals surface area contributed by atoms with E-state index in [-0.39, 0.29) is 0 Å². The molecule has 0 saturated heterocycles. The summed E-state index contributed by atoms with van der Waals surface area (Å²) >= 11 is 3.52. The fraction of sp³-hybridized carbons (Fsp3) is 1.00. The topological polar surface area (TPSA) is 3.24 Å². The van der Waals surface area contributed by atoms with Crippen molar-refractivity contribution >= 4 is 15.9 Å². The van der Waals surface area contributed by atoms with Gasteiger partial charge in [-0.3, -0.25) is 4.90 Å². The van der Waals surface area contributed by atoms with E-state index < -0.39 is 0 Å². The molecule has 1 nitrogen and oxygen atoms in total. The highest BCUT2D eigenvalue weighted by Crippen LogP contribution is 2.25. The maximum Gasteiger partial charge on any atom is 0.0159 e. The van der Waals surface area contributed by atoms with Crippen LogP contribution in [0.4, 0.5) is 0 Å². The van der Waals surface area contributed by atoms with E-state index in [4.69, 9.17) is 0 Å². The lowest BCUT2D eigenvalue weighted by molar-refractivity contribution is 0.121. The Kier molecular flexibility index (Phi) is 4.59. The molecule has 0 N–H and O–H groups in total. The predicted molar refractivity (Wildman–Crippen MR) is 57.8 cm³/mol. The van der Waals surface area contributed by atoms with E-state index in [0.717, 1.165) is 17.3 Å². The molecule has 0 aromatic heterocycles. The highest BCUT2D eigenvalue weighted by Gasteiger charge is 2.24. The highest BCUT2D eigenvalue weighted by molar-refractivity contribution is 9.09. The molecular weight excluding hydrogens is 214 g/mol. The molecule has 0 heterocycles. The Labute approximate surface area is 84.6 Å². The first-order chi connectivity index (χ1) is 5.74. The van der Waals surface area contributed by atoms with Crippen LogP contribution in [0, 0.1) is 5.92 Å². The van der Waals surface area contributed by atoms with Crippen LogP contribution in [-0.2, 0) is 0 Å². The van der Waals surface area contributed by atoms with E-state index in [1.807, 2.05) is 0 Å². The fourth-order valence-corrected chi connectivity index (χ4v) is 2.21. The van der Waals surface area contributed by atoms with E-state index in [2.05, 4.69) is 34.7 Å². The van der Waals surface area contributed by atoms with Gasteiger partial charge in [0.15, 0.2) is 0 Å². The molecule has 1 fully saturated rings. The van der Waals surface area contributed by atoms with E-state index in [1.54, 1.807) is 0 Å². The lowest BCUT2D eigenvalue weighted by Crippen LogP contribution is -2.43. The summed E-state index contributed by atoms with van der Waals surface area (Å²) in [4.78, 5) is 2.64.